The topological polar surface area (TPSA) is 58.4 Å². The average Bonchev–Trinajstić information content (AvgIpc) is 3.18. The molecule has 0 aliphatic carbocycles. The zero-order valence-electron chi connectivity index (χ0n) is 12.9. The van der Waals surface area contributed by atoms with Gasteiger partial charge >= 0.3 is 0 Å². The number of thiazole rings is 1. The molecule has 6 heteroatoms. The molecule has 2 aromatic heterocycles. The zero-order valence-corrected chi connectivity index (χ0v) is 13.8. The molecule has 3 rings (SSSR count). The van der Waals surface area contributed by atoms with Crippen LogP contribution in [0.1, 0.15) is 5.69 Å². The van der Waals surface area contributed by atoms with Crippen LogP contribution in [0.2, 0.25) is 0 Å². The van der Waals surface area contributed by atoms with Crippen LogP contribution in [0.3, 0.4) is 0 Å². The molecule has 0 saturated heterocycles. The maximum atomic E-state index is 12.3. The number of carbonyl (C=O) groups is 1. The number of anilines is 2. The summed E-state index contributed by atoms with van der Waals surface area (Å²) in [5.74, 6) is 0.634. The molecule has 1 amide bonds. The summed E-state index contributed by atoms with van der Waals surface area (Å²) in [5, 5.41) is 5.61. The summed E-state index contributed by atoms with van der Waals surface area (Å²) >= 11 is 1.47. The van der Waals surface area contributed by atoms with Crippen molar-refractivity contribution in [2.45, 2.75) is 6.42 Å². The van der Waals surface area contributed by atoms with Gasteiger partial charge in [-0.3, -0.25) is 4.79 Å². The fraction of sp³-hybridized carbons (Fsp3) is 0.176. The van der Waals surface area contributed by atoms with E-state index in [0.29, 0.717) is 0 Å². The summed E-state index contributed by atoms with van der Waals surface area (Å²) in [7, 11) is 3.89. The van der Waals surface area contributed by atoms with Gasteiger partial charge < -0.3 is 14.6 Å². The van der Waals surface area contributed by atoms with E-state index in [-0.39, 0.29) is 12.3 Å². The number of hydrogen-bond acceptors (Lipinski definition) is 5. The van der Waals surface area contributed by atoms with Gasteiger partial charge in [0.1, 0.15) is 0 Å². The Labute approximate surface area is 138 Å². The van der Waals surface area contributed by atoms with E-state index in [4.69, 9.17) is 4.42 Å². The van der Waals surface area contributed by atoms with Crippen molar-refractivity contribution < 1.29 is 9.21 Å². The summed E-state index contributed by atoms with van der Waals surface area (Å²) in [5.41, 5.74) is 2.50. The molecule has 0 unspecified atom stereocenters. The van der Waals surface area contributed by atoms with Crippen LogP contribution in [0, 0.1) is 0 Å². The van der Waals surface area contributed by atoms with Gasteiger partial charge in [0.25, 0.3) is 0 Å². The van der Waals surface area contributed by atoms with Gasteiger partial charge in [-0.15, -0.1) is 11.3 Å². The van der Waals surface area contributed by atoms with Crippen molar-refractivity contribution in [1.82, 2.24) is 4.98 Å². The summed E-state index contributed by atoms with van der Waals surface area (Å²) in [6.07, 6.45) is 1.85. The number of para-hydroxylation sites is 2. The maximum Gasteiger partial charge on any atom is 0.230 e. The van der Waals surface area contributed by atoms with Crippen molar-refractivity contribution in [2.75, 3.05) is 24.3 Å². The molecule has 0 aliphatic rings. The molecule has 0 saturated carbocycles. The Morgan fingerprint density at radius 3 is 2.83 bits per heavy atom. The van der Waals surface area contributed by atoms with Crippen molar-refractivity contribution in [3.8, 4) is 10.8 Å². The number of aromatic nitrogens is 1. The highest BCUT2D eigenvalue weighted by Gasteiger charge is 2.12. The monoisotopic (exact) mass is 327 g/mol. The molecular formula is C17H17N3O2S. The molecule has 1 aromatic carbocycles. The lowest BCUT2D eigenvalue weighted by Gasteiger charge is -2.17. The Hall–Kier alpha value is -2.60. The number of furan rings is 1. The minimum absolute atomic E-state index is 0.0874. The second kappa shape index (κ2) is 6.66. The SMILES string of the molecule is CN(C)c1ccccc1NC(=O)Cc1csc(-c2ccco2)n1. The standard InChI is InChI=1S/C17H17N3O2S/c1-20(2)14-7-4-3-6-13(14)19-16(21)10-12-11-23-17(18-12)15-8-5-9-22-15/h3-9,11H,10H2,1-2H3,(H,19,21). The highest BCUT2D eigenvalue weighted by atomic mass is 32.1. The van der Waals surface area contributed by atoms with E-state index in [9.17, 15) is 4.79 Å². The molecule has 2 heterocycles. The number of carbonyl (C=O) groups excluding carboxylic acids is 1. The second-order valence-electron chi connectivity index (χ2n) is 5.26. The highest BCUT2D eigenvalue weighted by Crippen LogP contribution is 2.25. The molecule has 1 N–H and O–H groups in total. The van der Waals surface area contributed by atoms with Crippen LogP contribution in [-0.2, 0) is 11.2 Å². The summed E-state index contributed by atoms with van der Waals surface area (Å²) in [6, 6.07) is 11.4. The molecule has 0 fully saturated rings. The van der Waals surface area contributed by atoms with E-state index in [2.05, 4.69) is 10.3 Å². The van der Waals surface area contributed by atoms with Gasteiger partial charge in [-0.2, -0.15) is 0 Å². The third-order valence-electron chi connectivity index (χ3n) is 3.29. The fourth-order valence-electron chi connectivity index (χ4n) is 2.23. The van der Waals surface area contributed by atoms with Gasteiger partial charge in [0.15, 0.2) is 10.8 Å². The number of nitrogens with zero attached hydrogens (tertiary/aromatic N) is 2. The second-order valence-corrected chi connectivity index (χ2v) is 6.12. The quantitative estimate of drug-likeness (QED) is 0.777. The number of benzene rings is 1. The number of amides is 1. The molecule has 0 aliphatic heterocycles. The van der Waals surface area contributed by atoms with Gasteiger partial charge in [0.05, 0.1) is 29.8 Å². The van der Waals surface area contributed by atoms with Crippen LogP contribution in [0.5, 0.6) is 0 Å². The molecule has 0 spiro atoms. The number of nitrogens with one attached hydrogen (secondary N) is 1. The van der Waals surface area contributed by atoms with Crippen LogP contribution in [-0.4, -0.2) is 25.0 Å². The first-order valence-corrected chi connectivity index (χ1v) is 8.06. The van der Waals surface area contributed by atoms with Crippen molar-refractivity contribution >= 4 is 28.6 Å². The molecule has 0 bridgehead atoms. The highest BCUT2D eigenvalue weighted by molar-refractivity contribution is 7.13. The van der Waals surface area contributed by atoms with Gasteiger partial charge in [-0.25, -0.2) is 4.98 Å². The van der Waals surface area contributed by atoms with Crippen molar-refractivity contribution in [3.63, 3.8) is 0 Å². The van der Waals surface area contributed by atoms with E-state index >= 15 is 0 Å². The predicted octanol–water partition coefficient (Wildman–Crippen LogP) is 3.65. The maximum absolute atomic E-state index is 12.3. The van der Waals surface area contributed by atoms with Crippen LogP contribution < -0.4 is 10.2 Å². The van der Waals surface area contributed by atoms with Crippen LogP contribution in [0.25, 0.3) is 10.8 Å². The third kappa shape index (κ3) is 3.60. The lowest BCUT2D eigenvalue weighted by Crippen LogP contribution is -2.18. The third-order valence-corrected chi connectivity index (χ3v) is 4.19. The fourth-order valence-corrected chi connectivity index (χ4v) is 3.02. The predicted molar refractivity (Wildman–Crippen MR) is 92.9 cm³/mol. The zero-order chi connectivity index (χ0) is 16.2. The first kappa shape index (κ1) is 15.3. The lowest BCUT2D eigenvalue weighted by atomic mass is 10.2. The molecule has 118 valence electrons. The summed E-state index contributed by atoms with van der Waals surface area (Å²) in [4.78, 5) is 18.7. The summed E-state index contributed by atoms with van der Waals surface area (Å²) < 4.78 is 5.32. The first-order valence-electron chi connectivity index (χ1n) is 7.18. The van der Waals surface area contributed by atoms with Gasteiger partial charge in [0, 0.05) is 19.5 Å². The smallest absolute Gasteiger partial charge is 0.230 e. The van der Waals surface area contributed by atoms with E-state index in [0.717, 1.165) is 27.8 Å². The van der Waals surface area contributed by atoms with Crippen LogP contribution in [0.15, 0.2) is 52.5 Å². The van der Waals surface area contributed by atoms with Crippen molar-refractivity contribution in [3.05, 3.63) is 53.7 Å². The van der Waals surface area contributed by atoms with E-state index in [1.54, 1.807) is 6.26 Å². The normalized spacial score (nSPS) is 10.5. The van der Waals surface area contributed by atoms with Crippen molar-refractivity contribution in [1.29, 1.82) is 0 Å². The minimum Gasteiger partial charge on any atom is -0.462 e. The van der Waals surface area contributed by atoms with E-state index in [1.165, 1.54) is 11.3 Å². The first-order chi connectivity index (χ1) is 11.1. The Morgan fingerprint density at radius 1 is 1.26 bits per heavy atom. The van der Waals surface area contributed by atoms with Gasteiger partial charge in [-0.05, 0) is 24.3 Å². The van der Waals surface area contributed by atoms with Gasteiger partial charge in [-0.1, -0.05) is 12.1 Å². The molecule has 3 aromatic rings. The molecule has 0 radical (unpaired) electrons. The molecule has 5 nitrogen and oxygen atoms in total. The van der Waals surface area contributed by atoms with E-state index in [1.807, 2.05) is 60.8 Å². The van der Waals surface area contributed by atoms with Crippen LogP contribution >= 0.6 is 11.3 Å². The van der Waals surface area contributed by atoms with Crippen molar-refractivity contribution in [2.24, 2.45) is 0 Å². The van der Waals surface area contributed by atoms with E-state index < -0.39 is 0 Å². The molecular weight excluding hydrogens is 310 g/mol. The summed E-state index contributed by atoms with van der Waals surface area (Å²) in [6.45, 7) is 0. The number of hydrogen-bond donors (Lipinski definition) is 1. The Bertz CT molecular complexity index is 794. The molecule has 0 atom stereocenters. The Morgan fingerprint density at radius 2 is 2.09 bits per heavy atom. The molecule has 23 heavy (non-hydrogen) atoms. The lowest BCUT2D eigenvalue weighted by molar-refractivity contribution is -0.115. The van der Waals surface area contributed by atoms with Gasteiger partial charge in [0.2, 0.25) is 5.91 Å². The Kier molecular flexibility index (Phi) is 4.43. The largest absolute Gasteiger partial charge is 0.462 e. The Balaban J connectivity index is 1.69. The van der Waals surface area contributed by atoms with Crippen LogP contribution in [0.4, 0.5) is 11.4 Å². The number of rotatable bonds is 5. The average molecular weight is 327 g/mol. The minimum atomic E-state index is -0.0874.